The zero-order chi connectivity index (χ0) is 22.0. The van der Waals surface area contributed by atoms with Gasteiger partial charge in [-0.05, 0) is 66.0 Å². The van der Waals surface area contributed by atoms with Gasteiger partial charge < -0.3 is 4.74 Å². The monoisotopic (exact) mass is 466 g/mol. The molecule has 2 amide bonds. The first-order chi connectivity index (χ1) is 15.5. The molecular weight excluding hydrogens is 447 g/mol. The quantitative estimate of drug-likeness (QED) is 0.355. The van der Waals surface area contributed by atoms with Crippen LogP contribution in [0, 0.1) is 35.5 Å². The molecule has 2 bridgehead atoms. The van der Waals surface area contributed by atoms with Gasteiger partial charge >= 0.3 is 0 Å². The average molecular weight is 467 g/mol. The molecule has 7 heteroatoms. The summed E-state index contributed by atoms with van der Waals surface area (Å²) in [5.41, 5.74) is 1.52. The first-order valence-corrected chi connectivity index (χ1v) is 11.5. The van der Waals surface area contributed by atoms with E-state index in [4.69, 9.17) is 27.9 Å². The molecule has 162 valence electrons. The van der Waals surface area contributed by atoms with Crippen molar-refractivity contribution in [1.29, 1.82) is 0 Å². The molecule has 3 fully saturated rings. The van der Waals surface area contributed by atoms with Gasteiger partial charge in [0, 0.05) is 15.6 Å². The zero-order valence-electron chi connectivity index (χ0n) is 17.0. The Kier molecular flexibility index (Phi) is 4.67. The van der Waals surface area contributed by atoms with Crippen molar-refractivity contribution in [1.82, 2.24) is 5.01 Å². The molecule has 4 aliphatic carbocycles. The van der Waals surface area contributed by atoms with Crippen LogP contribution in [0.3, 0.4) is 0 Å². The Labute approximate surface area is 195 Å². The van der Waals surface area contributed by atoms with Gasteiger partial charge in [0.05, 0.1) is 18.1 Å². The summed E-state index contributed by atoms with van der Waals surface area (Å²) in [7, 11) is 0. The van der Waals surface area contributed by atoms with Crippen molar-refractivity contribution in [2.24, 2.45) is 40.6 Å². The topological polar surface area (TPSA) is 59.0 Å². The van der Waals surface area contributed by atoms with Crippen molar-refractivity contribution >= 4 is 41.2 Å². The Morgan fingerprint density at radius 3 is 2.34 bits per heavy atom. The third-order valence-electron chi connectivity index (χ3n) is 7.21. The molecule has 2 saturated carbocycles. The summed E-state index contributed by atoms with van der Waals surface area (Å²) >= 11 is 12.2. The maximum atomic E-state index is 13.1. The first kappa shape index (κ1) is 20.0. The van der Waals surface area contributed by atoms with Gasteiger partial charge in [0.25, 0.3) is 11.8 Å². The van der Waals surface area contributed by atoms with Gasteiger partial charge in [0.2, 0.25) is 0 Å². The Bertz CT molecular complexity index is 1160. The lowest BCUT2D eigenvalue weighted by molar-refractivity contribution is -0.140. The zero-order valence-corrected chi connectivity index (χ0v) is 18.5. The van der Waals surface area contributed by atoms with Gasteiger partial charge in [-0.2, -0.15) is 10.1 Å². The van der Waals surface area contributed by atoms with E-state index < -0.39 is 0 Å². The molecule has 2 aromatic carbocycles. The van der Waals surface area contributed by atoms with Crippen molar-refractivity contribution < 1.29 is 14.3 Å². The van der Waals surface area contributed by atoms with Crippen LogP contribution < -0.4 is 4.74 Å². The van der Waals surface area contributed by atoms with E-state index in [2.05, 4.69) is 17.3 Å². The average Bonchev–Trinajstić information content (AvgIpc) is 3.56. The van der Waals surface area contributed by atoms with E-state index in [-0.39, 0.29) is 35.5 Å². The van der Waals surface area contributed by atoms with E-state index in [1.807, 2.05) is 18.2 Å². The number of nitrogens with zero attached hydrogens (tertiary/aromatic N) is 2. The van der Waals surface area contributed by atoms with Gasteiger partial charge in [-0.3, -0.25) is 9.59 Å². The molecule has 0 N–H and O–H groups in total. The molecule has 0 aromatic heterocycles. The van der Waals surface area contributed by atoms with E-state index >= 15 is 0 Å². The highest BCUT2D eigenvalue weighted by Gasteiger charge is 2.67. The fourth-order valence-electron chi connectivity index (χ4n) is 5.71. The van der Waals surface area contributed by atoms with Crippen molar-refractivity contribution in [2.45, 2.75) is 13.0 Å². The second-order valence-corrected chi connectivity index (χ2v) is 9.86. The number of halogens is 2. The maximum Gasteiger partial charge on any atom is 0.254 e. The smallest absolute Gasteiger partial charge is 0.254 e. The van der Waals surface area contributed by atoms with Crippen molar-refractivity contribution in [3.63, 3.8) is 0 Å². The Balaban J connectivity index is 1.23. The highest BCUT2D eigenvalue weighted by molar-refractivity contribution is 6.31. The van der Waals surface area contributed by atoms with Crippen molar-refractivity contribution in [3.05, 3.63) is 75.8 Å². The molecule has 0 unspecified atom stereocenters. The minimum atomic E-state index is -0.267. The summed E-state index contributed by atoms with van der Waals surface area (Å²) in [5, 5.41) is 6.52. The van der Waals surface area contributed by atoms with Crippen LogP contribution in [0.15, 0.2) is 59.7 Å². The predicted octanol–water partition coefficient (Wildman–Crippen LogP) is 4.96. The lowest BCUT2D eigenvalue weighted by Crippen LogP contribution is -2.40. The lowest BCUT2D eigenvalue weighted by atomic mass is 9.63. The number of imide groups is 1. The SMILES string of the molecule is O=C1[C@@H]2[C@@H]3C=C[C@H]([C@H]4C[C@H]34)[C@@H]2C(=O)N1/N=C\c1cc(Cl)ccc1OCc1cccc(Cl)c1. The number of rotatable bonds is 5. The second-order valence-electron chi connectivity index (χ2n) is 8.99. The Morgan fingerprint density at radius 2 is 1.66 bits per heavy atom. The summed E-state index contributed by atoms with van der Waals surface area (Å²) in [6.07, 6.45) is 6.92. The molecule has 5 aliphatic rings. The fraction of sp³-hybridized carbons (Fsp3) is 0.320. The Morgan fingerprint density at radius 1 is 0.969 bits per heavy atom. The number of hydrogen-bond acceptors (Lipinski definition) is 4. The van der Waals surface area contributed by atoms with Crippen LogP contribution in [0.5, 0.6) is 5.75 Å². The van der Waals surface area contributed by atoms with Crippen LogP contribution >= 0.6 is 23.2 Å². The third-order valence-corrected chi connectivity index (χ3v) is 7.68. The van der Waals surface area contributed by atoms with Crippen LogP contribution in [0.4, 0.5) is 0 Å². The number of hydrazone groups is 1. The minimum Gasteiger partial charge on any atom is -0.488 e. The number of allylic oxidation sites excluding steroid dienone is 2. The molecule has 0 radical (unpaired) electrons. The molecular formula is C25H20Cl2N2O3. The normalized spacial score (nSPS) is 31.9. The summed E-state index contributed by atoms with van der Waals surface area (Å²) < 4.78 is 5.95. The van der Waals surface area contributed by atoms with Crippen LogP contribution in [-0.2, 0) is 16.2 Å². The number of carbonyl (C=O) groups is 2. The molecule has 5 nitrogen and oxygen atoms in total. The van der Waals surface area contributed by atoms with Gasteiger partial charge in [-0.15, -0.1) is 0 Å². The van der Waals surface area contributed by atoms with Gasteiger partial charge in [0.1, 0.15) is 12.4 Å². The van der Waals surface area contributed by atoms with E-state index in [1.54, 1.807) is 24.3 Å². The van der Waals surface area contributed by atoms with Gasteiger partial charge in [0.15, 0.2) is 0 Å². The molecule has 6 atom stereocenters. The summed E-state index contributed by atoms with van der Waals surface area (Å²) in [5.74, 6) is 1.11. The summed E-state index contributed by atoms with van der Waals surface area (Å²) in [6.45, 7) is 0.312. The van der Waals surface area contributed by atoms with E-state index in [0.29, 0.717) is 39.8 Å². The molecule has 0 spiro atoms. The largest absolute Gasteiger partial charge is 0.488 e. The Hall–Kier alpha value is -2.63. The summed E-state index contributed by atoms with van der Waals surface area (Å²) in [6, 6.07) is 12.6. The van der Waals surface area contributed by atoms with Crippen molar-refractivity contribution in [2.75, 3.05) is 0 Å². The van der Waals surface area contributed by atoms with Crippen LogP contribution in [0.25, 0.3) is 0 Å². The fourth-order valence-corrected chi connectivity index (χ4v) is 6.11. The van der Waals surface area contributed by atoms with Crippen LogP contribution in [0.2, 0.25) is 10.0 Å². The van der Waals surface area contributed by atoms with Crippen LogP contribution in [0.1, 0.15) is 17.5 Å². The molecule has 1 heterocycles. The number of benzene rings is 2. The lowest BCUT2D eigenvalue weighted by Gasteiger charge is -2.37. The highest BCUT2D eigenvalue weighted by atomic mass is 35.5. The molecule has 1 saturated heterocycles. The molecule has 7 rings (SSSR count). The maximum absolute atomic E-state index is 13.1. The number of hydrogen-bond donors (Lipinski definition) is 0. The first-order valence-electron chi connectivity index (χ1n) is 10.8. The van der Waals surface area contributed by atoms with E-state index in [0.717, 1.165) is 17.0 Å². The van der Waals surface area contributed by atoms with E-state index in [1.165, 1.54) is 6.21 Å². The second kappa shape index (κ2) is 7.46. The predicted molar refractivity (Wildman–Crippen MR) is 121 cm³/mol. The number of amides is 2. The molecule has 1 aliphatic heterocycles. The molecule has 2 aromatic rings. The van der Waals surface area contributed by atoms with Crippen molar-refractivity contribution in [3.8, 4) is 5.75 Å². The minimum absolute atomic E-state index is 0.175. The van der Waals surface area contributed by atoms with E-state index in [9.17, 15) is 9.59 Å². The number of carbonyl (C=O) groups excluding carboxylic acids is 2. The molecule has 32 heavy (non-hydrogen) atoms. The third kappa shape index (κ3) is 3.18. The number of ether oxygens (including phenoxy) is 1. The van der Waals surface area contributed by atoms with Crippen LogP contribution in [-0.4, -0.2) is 23.0 Å². The highest BCUT2D eigenvalue weighted by Crippen LogP contribution is 2.65. The van der Waals surface area contributed by atoms with Gasteiger partial charge in [-0.25, -0.2) is 0 Å². The summed E-state index contributed by atoms with van der Waals surface area (Å²) in [4.78, 5) is 26.2. The standard InChI is InChI=1S/C25H20Cl2N2O3/c26-15-3-1-2-13(8-15)12-32-21-7-4-16(27)9-14(21)11-28-29-24(30)22-17-5-6-18(20-10-19(17)20)23(22)25(29)31/h1-9,11,17-20,22-23H,10,12H2/b28-11-/t17-,18-,19-,20-,22-,23+/m1/s1. The van der Waals surface area contributed by atoms with Gasteiger partial charge in [-0.1, -0.05) is 47.5 Å².